The van der Waals surface area contributed by atoms with Gasteiger partial charge in [-0.15, -0.1) is 11.3 Å². The Morgan fingerprint density at radius 3 is 1.75 bits per heavy atom. The van der Waals surface area contributed by atoms with Crippen molar-refractivity contribution in [2.45, 2.75) is 0 Å². The molecule has 1 nitrogen and oxygen atoms in total. The molecule has 0 unspecified atom stereocenters. The second kappa shape index (κ2) is 8.29. The molecular weight excluding hydrogens is 504 g/mol. The maximum Gasteiger partial charge on any atom is 0.136 e. The topological polar surface area (TPSA) is 13.1 Å². The van der Waals surface area contributed by atoms with Crippen LogP contribution >= 0.6 is 11.3 Å². The maximum atomic E-state index is 6.72. The van der Waals surface area contributed by atoms with Crippen LogP contribution in [0.5, 0.6) is 0 Å². The van der Waals surface area contributed by atoms with Gasteiger partial charge in [-0.25, -0.2) is 0 Å². The van der Waals surface area contributed by atoms with E-state index in [1.54, 1.807) is 0 Å². The first kappa shape index (κ1) is 22.0. The molecule has 0 saturated heterocycles. The Bertz CT molecular complexity index is 2380. The maximum absolute atomic E-state index is 6.72. The summed E-state index contributed by atoms with van der Waals surface area (Å²) < 4.78 is 9.32. The van der Waals surface area contributed by atoms with Gasteiger partial charge in [-0.3, -0.25) is 0 Å². The van der Waals surface area contributed by atoms with E-state index in [9.17, 15) is 0 Å². The highest BCUT2D eigenvalue weighted by atomic mass is 32.1. The molecule has 7 aromatic carbocycles. The zero-order chi connectivity index (χ0) is 26.2. The Hall–Kier alpha value is -4.92. The molecule has 2 aromatic heterocycles. The highest BCUT2D eigenvalue weighted by Gasteiger charge is 2.20. The fourth-order valence-electron chi connectivity index (χ4n) is 6.51. The number of rotatable bonds is 2. The van der Waals surface area contributed by atoms with Crippen LogP contribution in [0.3, 0.4) is 0 Å². The van der Waals surface area contributed by atoms with Gasteiger partial charge >= 0.3 is 0 Å². The van der Waals surface area contributed by atoms with Gasteiger partial charge in [0.15, 0.2) is 0 Å². The molecule has 40 heavy (non-hydrogen) atoms. The van der Waals surface area contributed by atoms with E-state index in [-0.39, 0.29) is 0 Å². The van der Waals surface area contributed by atoms with Crippen LogP contribution in [-0.2, 0) is 0 Å². The van der Waals surface area contributed by atoms with Gasteiger partial charge in [-0.05, 0) is 67.7 Å². The summed E-state index contributed by atoms with van der Waals surface area (Å²) in [7, 11) is 0. The average molecular weight is 527 g/mol. The second-order valence-electron chi connectivity index (χ2n) is 10.5. The molecule has 0 fully saturated rings. The fourth-order valence-corrected chi connectivity index (χ4v) is 7.64. The third-order valence-corrected chi connectivity index (χ3v) is 9.39. The van der Waals surface area contributed by atoms with Gasteiger partial charge < -0.3 is 4.42 Å². The lowest BCUT2D eigenvalue weighted by atomic mass is 9.86. The minimum atomic E-state index is 0.911. The van der Waals surface area contributed by atoms with Crippen molar-refractivity contribution in [1.29, 1.82) is 0 Å². The molecule has 0 spiro atoms. The van der Waals surface area contributed by atoms with Crippen LogP contribution in [0.1, 0.15) is 0 Å². The minimum Gasteiger partial charge on any atom is -0.456 e. The summed E-state index contributed by atoms with van der Waals surface area (Å²) in [5.74, 6) is 0.911. The third-order valence-electron chi connectivity index (χ3n) is 8.25. The number of hydrogen-bond acceptors (Lipinski definition) is 2. The monoisotopic (exact) mass is 526 g/mol. The van der Waals surface area contributed by atoms with E-state index in [4.69, 9.17) is 4.42 Å². The molecule has 0 aliphatic heterocycles. The predicted octanol–water partition coefficient (Wildman–Crippen LogP) is 11.6. The Balaban J connectivity index is 1.38. The first-order chi connectivity index (χ1) is 19.8. The molecule has 0 aliphatic rings. The van der Waals surface area contributed by atoms with E-state index in [0.29, 0.717) is 0 Å². The lowest BCUT2D eigenvalue weighted by Crippen LogP contribution is -1.90. The van der Waals surface area contributed by atoms with Crippen molar-refractivity contribution in [2.75, 3.05) is 0 Å². The average Bonchev–Trinajstić information content (AvgIpc) is 3.58. The van der Waals surface area contributed by atoms with Crippen molar-refractivity contribution in [3.05, 3.63) is 133 Å². The van der Waals surface area contributed by atoms with E-state index in [2.05, 4.69) is 133 Å². The molecule has 9 aromatic rings. The number of furan rings is 1. The smallest absolute Gasteiger partial charge is 0.136 e. The summed E-state index contributed by atoms with van der Waals surface area (Å²) in [6, 6.07) is 48.2. The van der Waals surface area contributed by atoms with Gasteiger partial charge in [0.05, 0.1) is 0 Å². The van der Waals surface area contributed by atoms with Gasteiger partial charge in [-0.1, -0.05) is 109 Å². The van der Waals surface area contributed by atoms with Gasteiger partial charge in [0, 0.05) is 31.1 Å². The third kappa shape index (κ3) is 3.08. The van der Waals surface area contributed by atoms with Crippen molar-refractivity contribution < 1.29 is 4.42 Å². The molecule has 2 heteroatoms. The van der Waals surface area contributed by atoms with Crippen LogP contribution in [-0.4, -0.2) is 0 Å². The van der Waals surface area contributed by atoms with E-state index in [1.807, 2.05) is 11.3 Å². The molecular formula is C38H22OS. The number of hydrogen-bond donors (Lipinski definition) is 0. The molecule has 0 bridgehead atoms. The van der Waals surface area contributed by atoms with E-state index < -0.39 is 0 Å². The Labute approximate surface area is 234 Å². The highest BCUT2D eigenvalue weighted by molar-refractivity contribution is 7.25. The number of benzene rings is 7. The second-order valence-corrected chi connectivity index (χ2v) is 11.5. The molecule has 0 N–H and O–H groups in total. The van der Waals surface area contributed by atoms with Crippen LogP contribution in [0.2, 0.25) is 0 Å². The van der Waals surface area contributed by atoms with Gasteiger partial charge in [0.1, 0.15) is 11.3 Å². The predicted molar refractivity (Wildman–Crippen MR) is 172 cm³/mol. The summed E-state index contributed by atoms with van der Waals surface area (Å²) in [6.45, 7) is 0. The lowest BCUT2D eigenvalue weighted by Gasteiger charge is -2.17. The largest absolute Gasteiger partial charge is 0.456 e. The van der Waals surface area contributed by atoms with Crippen molar-refractivity contribution in [1.82, 2.24) is 0 Å². The first-order valence-corrected chi connectivity index (χ1v) is 14.4. The SMILES string of the molecule is c1ccc2c(-c3c4ccccc4c(-c4cc5cc6sc7ccccc7c6cc5o4)c4ccccc34)cccc2c1. The zero-order valence-corrected chi connectivity index (χ0v) is 22.3. The van der Waals surface area contributed by atoms with Crippen LogP contribution in [0.25, 0.3) is 85.9 Å². The van der Waals surface area contributed by atoms with Crippen LogP contribution in [0, 0.1) is 0 Å². The summed E-state index contributed by atoms with van der Waals surface area (Å²) in [6.07, 6.45) is 0. The first-order valence-electron chi connectivity index (χ1n) is 13.6. The van der Waals surface area contributed by atoms with Gasteiger partial charge in [-0.2, -0.15) is 0 Å². The molecule has 0 atom stereocenters. The standard InChI is InChI=1S/C38H22OS/c1-2-12-25-23(10-1)11-9-18-27(25)37-28-14-3-5-16-30(28)38(31-17-6-4-15-29(31)37)34-20-24-21-36-32(22-33(24)39-34)26-13-7-8-19-35(26)40-36/h1-22H. The van der Waals surface area contributed by atoms with Crippen molar-refractivity contribution in [3.8, 4) is 22.5 Å². The summed E-state index contributed by atoms with van der Waals surface area (Å²) in [5, 5.41) is 11.1. The molecule has 9 rings (SSSR count). The highest BCUT2D eigenvalue weighted by Crippen LogP contribution is 2.46. The van der Waals surface area contributed by atoms with Crippen LogP contribution < -0.4 is 0 Å². The molecule has 0 radical (unpaired) electrons. The zero-order valence-electron chi connectivity index (χ0n) is 21.5. The normalized spacial score (nSPS) is 12.0. The number of fused-ring (bicyclic) bond motifs is 7. The summed E-state index contributed by atoms with van der Waals surface area (Å²) in [4.78, 5) is 0. The minimum absolute atomic E-state index is 0.911. The Kier molecular flexibility index (Phi) is 4.55. The molecule has 0 saturated carbocycles. The van der Waals surface area contributed by atoms with Gasteiger partial charge in [0.2, 0.25) is 0 Å². The quantitative estimate of drug-likeness (QED) is 0.204. The molecule has 0 amide bonds. The van der Waals surface area contributed by atoms with Crippen LogP contribution in [0.15, 0.2) is 138 Å². The fraction of sp³-hybridized carbons (Fsp3) is 0. The summed E-state index contributed by atoms with van der Waals surface area (Å²) in [5.41, 5.74) is 4.61. The Morgan fingerprint density at radius 1 is 0.400 bits per heavy atom. The van der Waals surface area contributed by atoms with E-state index in [1.165, 1.54) is 63.6 Å². The Morgan fingerprint density at radius 2 is 1.00 bits per heavy atom. The summed E-state index contributed by atoms with van der Waals surface area (Å²) >= 11 is 1.85. The number of thiophene rings is 1. The molecule has 0 aliphatic carbocycles. The van der Waals surface area contributed by atoms with Crippen molar-refractivity contribution >= 4 is 74.8 Å². The van der Waals surface area contributed by atoms with E-state index in [0.717, 1.165) is 22.3 Å². The molecule has 2 heterocycles. The van der Waals surface area contributed by atoms with Gasteiger partial charge in [0.25, 0.3) is 0 Å². The van der Waals surface area contributed by atoms with Crippen LogP contribution in [0.4, 0.5) is 0 Å². The van der Waals surface area contributed by atoms with Crippen molar-refractivity contribution in [3.63, 3.8) is 0 Å². The van der Waals surface area contributed by atoms with Crippen molar-refractivity contribution in [2.24, 2.45) is 0 Å². The van der Waals surface area contributed by atoms with E-state index >= 15 is 0 Å². The molecule has 186 valence electrons. The lowest BCUT2D eigenvalue weighted by molar-refractivity contribution is 0.633.